The number of nitrogens with zero attached hydrogens (tertiary/aromatic N) is 2. The third kappa shape index (κ3) is 5.15. The highest BCUT2D eigenvalue weighted by Crippen LogP contribution is 2.23. The van der Waals surface area contributed by atoms with Crippen molar-refractivity contribution in [1.82, 2.24) is 4.90 Å². The number of nitrogens with one attached hydrogen (secondary N) is 1. The summed E-state index contributed by atoms with van der Waals surface area (Å²) in [5.41, 5.74) is 2.07. The SMILES string of the molecule is C=CCN(CC=C)C(=O)/C(C#N)=C\Nc1ccccc1C(C)C. The summed E-state index contributed by atoms with van der Waals surface area (Å²) in [5.74, 6) is -0.00630. The van der Waals surface area contributed by atoms with Gasteiger partial charge in [0, 0.05) is 25.0 Å². The largest absolute Gasteiger partial charge is 0.360 e. The summed E-state index contributed by atoms with van der Waals surface area (Å²) in [6.07, 6.45) is 4.71. The molecule has 23 heavy (non-hydrogen) atoms. The second-order valence-electron chi connectivity index (χ2n) is 5.34. The Morgan fingerprint density at radius 3 is 2.43 bits per heavy atom. The Hall–Kier alpha value is -2.80. The minimum absolute atomic E-state index is 0.0484. The van der Waals surface area contributed by atoms with Crippen molar-refractivity contribution in [3.8, 4) is 6.07 Å². The molecule has 0 saturated heterocycles. The number of para-hydroxylation sites is 1. The molecule has 0 aliphatic carbocycles. The molecule has 120 valence electrons. The zero-order valence-electron chi connectivity index (χ0n) is 13.7. The average Bonchev–Trinajstić information content (AvgIpc) is 2.55. The zero-order chi connectivity index (χ0) is 17.2. The van der Waals surface area contributed by atoms with Crippen LogP contribution in [0.15, 0.2) is 61.3 Å². The van der Waals surface area contributed by atoms with E-state index in [0.717, 1.165) is 11.3 Å². The van der Waals surface area contributed by atoms with Crippen LogP contribution < -0.4 is 5.32 Å². The number of rotatable bonds is 8. The lowest BCUT2D eigenvalue weighted by Gasteiger charge is -2.19. The van der Waals surface area contributed by atoms with Crippen LogP contribution >= 0.6 is 0 Å². The molecule has 1 aromatic carbocycles. The van der Waals surface area contributed by atoms with Gasteiger partial charge < -0.3 is 10.2 Å². The summed E-state index contributed by atoms with van der Waals surface area (Å²) >= 11 is 0. The van der Waals surface area contributed by atoms with Gasteiger partial charge in [-0.2, -0.15) is 5.26 Å². The van der Waals surface area contributed by atoms with Gasteiger partial charge in [-0.1, -0.05) is 44.2 Å². The number of benzene rings is 1. The van der Waals surface area contributed by atoms with Gasteiger partial charge in [0.25, 0.3) is 5.91 Å². The lowest BCUT2D eigenvalue weighted by Crippen LogP contribution is -2.32. The van der Waals surface area contributed by atoms with Gasteiger partial charge in [0.15, 0.2) is 0 Å². The van der Waals surface area contributed by atoms with Crippen molar-refractivity contribution in [2.75, 3.05) is 18.4 Å². The first-order valence-corrected chi connectivity index (χ1v) is 7.51. The van der Waals surface area contributed by atoms with E-state index in [1.165, 1.54) is 11.1 Å². The van der Waals surface area contributed by atoms with Gasteiger partial charge in [0.2, 0.25) is 0 Å². The molecule has 0 fully saturated rings. The Morgan fingerprint density at radius 2 is 1.91 bits per heavy atom. The van der Waals surface area contributed by atoms with Gasteiger partial charge in [-0.25, -0.2) is 0 Å². The second kappa shape index (κ2) is 9.26. The molecular weight excluding hydrogens is 286 g/mol. The third-order valence-electron chi connectivity index (χ3n) is 3.29. The molecule has 0 radical (unpaired) electrons. The molecule has 0 aliphatic heterocycles. The lowest BCUT2D eigenvalue weighted by atomic mass is 10.0. The Morgan fingerprint density at radius 1 is 1.30 bits per heavy atom. The first-order chi connectivity index (χ1) is 11.0. The number of carbonyl (C=O) groups is 1. The molecule has 0 spiro atoms. The normalized spacial score (nSPS) is 10.8. The second-order valence-corrected chi connectivity index (χ2v) is 5.34. The van der Waals surface area contributed by atoms with Crippen LogP contribution in [0.1, 0.15) is 25.3 Å². The highest BCUT2D eigenvalue weighted by Gasteiger charge is 2.16. The van der Waals surface area contributed by atoms with E-state index in [1.807, 2.05) is 30.3 Å². The summed E-state index contributed by atoms with van der Waals surface area (Å²) in [4.78, 5) is 13.9. The number of amides is 1. The van der Waals surface area contributed by atoms with E-state index in [4.69, 9.17) is 0 Å². The highest BCUT2D eigenvalue weighted by molar-refractivity contribution is 5.97. The number of nitriles is 1. The molecule has 1 rings (SSSR count). The van der Waals surface area contributed by atoms with Crippen molar-refractivity contribution < 1.29 is 4.79 Å². The predicted molar refractivity (Wildman–Crippen MR) is 94.8 cm³/mol. The zero-order valence-corrected chi connectivity index (χ0v) is 13.7. The molecule has 0 bridgehead atoms. The minimum atomic E-state index is -0.346. The Kier molecular flexibility index (Phi) is 7.35. The molecular formula is C19H23N3O. The van der Waals surface area contributed by atoms with E-state index in [1.54, 1.807) is 12.2 Å². The van der Waals surface area contributed by atoms with E-state index in [9.17, 15) is 10.1 Å². The van der Waals surface area contributed by atoms with Crippen molar-refractivity contribution in [3.05, 3.63) is 66.9 Å². The molecule has 1 N–H and O–H groups in total. The summed E-state index contributed by atoms with van der Waals surface area (Å²) in [7, 11) is 0. The fourth-order valence-electron chi connectivity index (χ4n) is 2.15. The predicted octanol–water partition coefficient (Wildman–Crippen LogP) is 3.83. The Bertz CT molecular complexity index is 628. The summed E-state index contributed by atoms with van der Waals surface area (Å²) in [6.45, 7) is 12.2. The van der Waals surface area contributed by atoms with Gasteiger partial charge in [0.05, 0.1) is 0 Å². The van der Waals surface area contributed by atoms with Gasteiger partial charge in [-0.3, -0.25) is 4.79 Å². The smallest absolute Gasteiger partial charge is 0.266 e. The van der Waals surface area contributed by atoms with E-state index >= 15 is 0 Å². The van der Waals surface area contributed by atoms with Gasteiger partial charge in [-0.05, 0) is 17.5 Å². The first kappa shape index (κ1) is 18.2. The van der Waals surface area contributed by atoms with Crippen LogP contribution in [-0.4, -0.2) is 23.9 Å². The molecule has 0 saturated carbocycles. The van der Waals surface area contributed by atoms with Crippen LogP contribution in [0.4, 0.5) is 5.69 Å². The first-order valence-electron chi connectivity index (χ1n) is 7.51. The maximum Gasteiger partial charge on any atom is 0.266 e. The maximum absolute atomic E-state index is 12.4. The molecule has 1 aromatic rings. The highest BCUT2D eigenvalue weighted by atomic mass is 16.2. The molecule has 4 nitrogen and oxygen atoms in total. The van der Waals surface area contributed by atoms with E-state index in [-0.39, 0.29) is 11.5 Å². The van der Waals surface area contributed by atoms with Crippen LogP contribution in [0.2, 0.25) is 0 Å². The third-order valence-corrected chi connectivity index (χ3v) is 3.29. The van der Waals surface area contributed by atoms with Crippen LogP contribution in [0.5, 0.6) is 0 Å². The molecule has 0 atom stereocenters. The van der Waals surface area contributed by atoms with Gasteiger partial charge in [0.1, 0.15) is 11.6 Å². The topological polar surface area (TPSA) is 56.1 Å². The fourth-order valence-corrected chi connectivity index (χ4v) is 2.15. The number of anilines is 1. The standard InChI is InChI=1S/C19H23N3O/c1-5-11-22(12-6-2)19(23)16(13-20)14-21-18-10-8-7-9-17(18)15(3)4/h5-10,14-15,21H,1-2,11-12H2,3-4H3/b16-14-. The number of hydrogen-bond donors (Lipinski definition) is 1. The van der Waals surface area contributed by atoms with Crippen molar-refractivity contribution in [1.29, 1.82) is 5.26 Å². The monoisotopic (exact) mass is 309 g/mol. The van der Waals surface area contributed by atoms with Crippen LogP contribution in [0, 0.1) is 11.3 Å². The quantitative estimate of drug-likeness (QED) is 0.451. The van der Waals surface area contributed by atoms with Crippen molar-refractivity contribution in [2.45, 2.75) is 19.8 Å². The molecule has 0 heterocycles. The van der Waals surface area contributed by atoms with Crippen molar-refractivity contribution >= 4 is 11.6 Å². The summed E-state index contributed by atoms with van der Waals surface area (Å²) in [5, 5.41) is 12.4. The van der Waals surface area contributed by atoms with E-state index in [0.29, 0.717) is 19.0 Å². The van der Waals surface area contributed by atoms with Gasteiger partial charge >= 0.3 is 0 Å². The molecule has 0 aliphatic rings. The van der Waals surface area contributed by atoms with Gasteiger partial charge in [-0.15, -0.1) is 13.2 Å². The van der Waals surface area contributed by atoms with Crippen LogP contribution in [0.3, 0.4) is 0 Å². The van der Waals surface area contributed by atoms with Crippen molar-refractivity contribution in [3.63, 3.8) is 0 Å². The average molecular weight is 309 g/mol. The number of carbonyl (C=O) groups excluding carboxylic acids is 1. The number of hydrogen-bond acceptors (Lipinski definition) is 3. The molecule has 0 unspecified atom stereocenters. The van der Waals surface area contributed by atoms with Crippen molar-refractivity contribution in [2.24, 2.45) is 0 Å². The summed E-state index contributed by atoms with van der Waals surface area (Å²) in [6, 6.07) is 9.79. The van der Waals surface area contributed by atoms with E-state index < -0.39 is 0 Å². The van der Waals surface area contributed by atoms with Crippen LogP contribution in [0.25, 0.3) is 0 Å². The Balaban J connectivity index is 3.00. The minimum Gasteiger partial charge on any atom is -0.360 e. The van der Waals surface area contributed by atoms with Crippen LogP contribution in [-0.2, 0) is 4.79 Å². The molecule has 0 aromatic heterocycles. The molecule has 1 amide bonds. The maximum atomic E-state index is 12.4. The van der Waals surface area contributed by atoms with E-state index in [2.05, 4.69) is 32.3 Å². The fraction of sp³-hybridized carbons (Fsp3) is 0.263. The lowest BCUT2D eigenvalue weighted by molar-refractivity contribution is -0.125. The Labute approximate surface area is 138 Å². The molecule has 4 heteroatoms. The summed E-state index contributed by atoms with van der Waals surface area (Å²) < 4.78 is 0.